The summed E-state index contributed by atoms with van der Waals surface area (Å²) in [6.07, 6.45) is 0.681. The summed E-state index contributed by atoms with van der Waals surface area (Å²) in [6.45, 7) is 2.07. The number of hydrogen-bond donors (Lipinski definition) is 1. The van der Waals surface area contributed by atoms with Gasteiger partial charge in [-0.1, -0.05) is 30.3 Å². The highest BCUT2D eigenvalue weighted by molar-refractivity contribution is 7.80. The van der Waals surface area contributed by atoms with Crippen LogP contribution in [0.25, 0.3) is 10.9 Å². The smallest absolute Gasteiger partial charge is 0.216 e. The van der Waals surface area contributed by atoms with Gasteiger partial charge in [-0.25, -0.2) is 4.99 Å². The molecule has 4 rings (SSSR count). The van der Waals surface area contributed by atoms with E-state index in [0.717, 1.165) is 39.2 Å². The first kappa shape index (κ1) is 17.4. The van der Waals surface area contributed by atoms with Crippen LogP contribution >= 0.6 is 12.2 Å². The van der Waals surface area contributed by atoms with Gasteiger partial charge in [0.25, 0.3) is 0 Å². The minimum atomic E-state index is -0.0415. The van der Waals surface area contributed by atoms with Crippen molar-refractivity contribution in [1.82, 2.24) is 9.88 Å². The Bertz CT molecular complexity index is 1080. The van der Waals surface area contributed by atoms with Gasteiger partial charge in [-0.15, -0.1) is 0 Å². The molecule has 0 unspecified atom stereocenters. The third-order valence-corrected chi connectivity index (χ3v) is 4.97. The molecule has 0 fully saturated rings. The average molecular weight is 377 g/mol. The summed E-state index contributed by atoms with van der Waals surface area (Å²) in [5.74, 6) is 0.747. The quantitative estimate of drug-likeness (QED) is 0.694. The molecule has 3 aromatic rings. The lowest BCUT2D eigenvalue weighted by molar-refractivity contribution is -0.118. The number of ether oxygens (including phenoxy) is 1. The SMILES string of the molecule is COc1ccc2c(c1)c(CCNC(C)=O)c1n2C(=S)N=C1c1ccccc1. The Labute approximate surface area is 162 Å². The topological polar surface area (TPSA) is 55.6 Å². The van der Waals surface area contributed by atoms with Gasteiger partial charge in [-0.2, -0.15) is 0 Å². The molecule has 0 atom stereocenters. The van der Waals surface area contributed by atoms with Crippen molar-refractivity contribution in [2.75, 3.05) is 13.7 Å². The molecule has 1 aromatic heterocycles. The number of fused-ring (bicyclic) bond motifs is 3. The maximum absolute atomic E-state index is 11.3. The molecule has 1 amide bonds. The molecule has 1 N–H and O–H groups in total. The van der Waals surface area contributed by atoms with Gasteiger partial charge in [-0.05, 0) is 42.4 Å². The fourth-order valence-electron chi connectivity index (χ4n) is 3.52. The van der Waals surface area contributed by atoms with Gasteiger partial charge in [0, 0.05) is 24.4 Å². The number of rotatable bonds is 5. The van der Waals surface area contributed by atoms with Crippen molar-refractivity contribution < 1.29 is 9.53 Å². The van der Waals surface area contributed by atoms with E-state index in [1.54, 1.807) is 7.11 Å². The zero-order chi connectivity index (χ0) is 19.0. The van der Waals surface area contributed by atoms with E-state index in [4.69, 9.17) is 17.0 Å². The summed E-state index contributed by atoms with van der Waals surface area (Å²) in [5, 5.41) is 4.48. The van der Waals surface area contributed by atoms with Gasteiger partial charge in [-0.3, -0.25) is 9.36 Å². The zero-order valence-electron chi connectivity index (χ0n) is 15.2. The standard InChI is InChI=1S/C21H19N3O2S/c1-13(25)22-11-10-16-17-12-15(26-2)8-9-18(17)24-20(16)19(23-21(24)27)14-6-4-3-5-7-14/h3-9,12H,10-11H2,1-2H3,(H,22,25). The van der Waals surface area contributed by atoms with Crippen molar-refractivity contribution in [2.45, 2.75) is 13.3 Å². The van der Waals surface area contributed by atoms with Crippen LogP contribution in [0.5, 0.6) is 5.75 Å². The average Bonchev–Trinajstić information content (AvgIpc) is 3.18. The van der Waals surface area contributed by atoms with E-state index in [-0.39, 0.29) is 5.91 Å². The fourth-order valence-corrected chi connectivity index (χ4v) is 3.80. The highest BCUT2D eigenvalue weighted by atomic mass is 32.1. The molecular formula is C21H19N3O2S. The molecule has 0 radical (unpaired) electrons. The third-order valence-electron chi connectivity index (χ3n) is 4.70. The van der Waals surface area contributed by atoms with E-state index in [0.29, 0.717) is 18.1 Å². The first-order valence-corrected chi connectivity index (χ1v) is 9.15. The highest BCUT2D eigenvalue weighted by Gasteiger charge is 2.29. The van der Waals surface area contributed by atoms with Crippen LogP contribution in [0.4, 0.5) is 0 Å². The van der Waals surface area contributed by atoms with Gasteiger partial charge in [0.15, 0.2) is 0 Å². The predicted octanol–water partition coefficient (Wildman–Crippen LogP) is 3.31. The van der Waals surface area contributed by atoms with Crippen molar-refractivity contribution in [3.8, 4) is 5.75 Å². The number of methoxy groups -OCH3 is 1. The Morgan fingerprint density at radius 3 is 2.70 bits per heavy atom. The Hall–Kier alpha value is -2.99. The molecule has 27 heavy (non-hydrogen) atoms. The molecule has 2 aromatic carbocycles. The number of aliphatic imine (C=N–C) groups is 1. The maximum Gasteiger partial charge on any atom is 0.216 e. The van der Waals surface area contributed by atoms with Crippen LogP contribution in [-0.4, -0.2) is 35.0 Å². The van der Waals surface area contributed by atoms with E-state index in [9.17, 15) is 4.79 Å². The van der Waals surface area contributed by atoms with E-state index < -0.39 is 0 Å². The Kier molecular flexibility index (Phi) is 4.49. The zero-order valence-corrected chi connectivity index (χ0v) is 16.0. The monoisotopic (exact) mass is 377 g/mol. The van der Waals surface area contributed by atoms with E-state index in [2.05, 4.69) is 10.3 Å². The largest absolute Gasteiger partial charge is 0.497 e. The lowest BCUT2D eigenvalue weighted by atomic mass is 10.0. The van der Waals surface area contributed by atoms with Crippen molar-refractivity contribution in [3.63, 3.8) is 0 Å². The number of amides is 1. The van der Waals surface area contributed by atoms with E-state index in [1.807, 2.05) is 53.1 Å². The third kappa shape index (κ3) is 3.02. The molecule has 6 heteroatoms. The summed E-state index contributed by atoms with van der Waals surface area (Å²) < 4.78 is 7.44. The summed E-state index contributed by atoms with van der Waals surface area (Å²) in [4.78, 5) is 16.0. The van der Waals surface area contributed by atoms with Crippen molar-refractivity contribution >= 4 is 39.9 Å². The molecule has 0 spiro atoms. The number of benzene rings is 2. The Morgan fingerprint density at radius 1 is 1.22 bits per heavy atom. The summed E-state index contributed by atoms with van der Waals surface area (Å²) in [7, 11) is 1.66. The maximum atomic E-state index is 11.3. The molecule has 0 aliphatic carbocycles. The normalized spacial score (nSPS) is 12.8. The number of aromatic nitrogens is 1. The molecule has 0 saturated heterocycles. The van der Waals surface area contributed by atoms with Gasteiger partial charge in [0.1, 0.15) is 5.75 Å². The van der Waals surface area contributed by atoms with Crippen molar-refractivity contribution in [2.24, 2.45) is 4.99 Å². The van der Waals surface area contributed by atoms with Gasteiger partial charge in [0.2, 0.25) is 11.0 Å². The molecule has 0 bridgehead atoms. The van der Waals surface area contributed by atoms with E-state index >= 15 is 0 Å². The summed E-state index contributed by atoms with van der Waals surface area (Å²) in [6, 6.07) is 16.0. The molecule has 136 valence electrons. The second-order valence-electron chi connectivity index (χ2n) is 6.39. The number of nitrogens with one attached hydrogen (secondary N) is 1. The molecule has 1 aliphatic rings. The van der Waals surface area contributed by atoms with Gasteiger partial charge in [0.05, 0.1) is 24.0 Å². The number of carbonyl (C=O) groups is 1. The van der Waals surface area contributed by atoms with Crippen molar-refractivity contribution in [3.05, 3.63) is 65.4 Å². The number of carbonyl (C=O) groups excluding carboxylic acids is 1. The second kappa shape index (κ2) is 6.96. The molecule has 2 heterocycles. The molecule has 1 aliphatic heterocycles. The molecule has 0 saturated carbocycles. The minimum Gasteiger partial charge on any atom is -0.497 e. The molecular weight excluding hydrogens is 358 g/mol. The first-order chi connectivity index (χ1) is 13.1. The lowest BCUT2D eigenvalue weighted by Crippen LogP contribution is -2.23. The lowest BCUT2D eigenvalue weighted by Gasteiger charge is -2.07. The number of thiocarbonyl (C=S) groups is 1. The Morgan fingerprint density at radius 2 is 2.00 bits per heavy atom. The van der Waals surface area contributed by atoms with Crippen LogP contribution in [0.2, 0.25) is 0 Å². The minimum absolute atomic E-state index is 0.0415. The predicted molar refractivity (Wildman–Crippen MR) is 111 cm³/mol. The van der Waals surface area contributed by atoms with Crippen LogP contribution < -0.4 is 10.1 Å². The fraction of sp³-hybridized carbons (Fsp3) is 0.190. The highest BCUT2D eigenvalue weighted by Crippen LogP contribution is 2.34. The number of nitrogens with zero attached hydrogens (tertiary/aromatic N) is 2. The van der Waals surface area contributed by atoms with Gasteiger partial charge >= 0.3 is 0 Å². The first-order valence-electron chi connectivity index (χ1n) is 8.74. The number of hydrogen-bond acceptors (Lipinski definition) is 3. The van der Waals surface area contributed by atoms with Crippen LogP contribution in [0.1, 0.15) is 23.7 Å². The van der Waals surface area contributed by atoms with E-state index in [1.165, 1.54) is 6.92 Å². The van der Waals surface area contributed by atoms with Crippen LogP contribution in [-0.2, 0) is 11.2 Å². The van der Waals surface area contributed by atoms with Crippen LogP contribution in [0.3, 0.4) is 0 Å². The van der Waals surface area contributed by atoms with Crippen LogP contribution in [0, 0.1) is 0 Å². The second-order valence-corrected chi connectivity index (χ2v) is 6.75. The summed E-state index contributed by atoms with van der Waals surface area (Å²) >= 11 is 5.58. The Balaban J connectivity index is 1.91. The van der Waals surface area contributed by atoms with Gasteiger partial charge < -0.3 is 10.1 Å². The van der Waals surface area contributed by atoms with Crippen LogP contribution in [0.15, 0.2) is 53.5 Å². The van der Waals surface area contributed by atoms with Crippen molar-refractivity contribution in [1.29, 1.82) is 0 Å². The summed E-state index contributed by atoms with van der Waals surface area (Å²) in [5.41, 5.74) is 5.01. The molecule has 5 nitrogen and oxygen atoms in total.